The summed E-state index contributed by atoms with van der Waals surface area (Å²) in [5.41, 5.74) is 11.1. The zero-order valence-electron chi connectivity index (χ0n) is 10.8. The van der Waals surface area contributed by atoms with Crippen molar-refractivity contribution >= 4 is 28.3 Å². The minimum absolute atomic E-state index is 0.681. The molecular formula is C15H13ClN4. The molecule has 4 nitrogen and oxygen atoms in total. The summed E-state index contributed by atoms with van der Waals surface area (Å²) < 4.78 is 1.80. The van der Waals surface area contributed by atoms with E-state index in [1.807, 2.05) is 24.3 Å². The number of benzene rings is 1. The molecular weight excluding hydrogens is 272 g/mol. The summed E-state index contributed by atoms with van der Waals surface area (Å²) in [5.74, 6) is 0. The van der Waals surface area contributed by atoms with Crippen molar-refractivity contribution in [1.29, 1.82) is 0 Å². The number of nitrogen functional groups attached to an aromatic ring is 1. The second-order valence-electron chi connectivity index (χ2n) is 5.08. The van der Waals surface area contributed by atoms with E-state index in [1.165, 1.54) is 5.56 Å². The molecule has 0 saturated carbocycles. The van der Waals surface area contributed by atoms with E-state index >= 15 is 0 Å². The van der Waals surface area contributed by atoms with Crippen LogP contribution in [0.4, 0.5) is 5.69 Å². The predicted molar refractivity (Wildman–Crippen MR) is 80.3 cm³/mol. The minimum Gasteiger partial charge on any atom is -0.398 e. The molecule has 1 aliphatic rings. The largest absolute Gasteiger partial charge is 0.398 e. The maximum Gasteiger partial charge on any atom is 0.165 e. The van der Waals surface area contributed by atoms with Crippen LogP contribution >= 0.6 is 11.6 Å². The first kappa shape index (κ1) is 11.7. The van der Waals surface area contributed by atoms with E-state index < -0.39 is 0 Å². The van der Waals surface area contributed by atoms with Gasteiger partial charge in [0.1, 0.15) is 0 Å². The smallest absolute Gasteiger partial charge is 0.165 e. The molecule has 1 aliphatic carbocycles. The quantitative estimate of drug-likeness (QED) is 0.747. The average molecular weight is 285 g/mol. The monoisotopic (exact) mass is 284 g/mol. The second-order valence-corrected chi connectivity index (χ2v) is 5.51. The van der Waals surface area contributed by atoms with Crippen molar-refractivity contribution in [3.8, 4) is 5.69 Å². The van der Waals surface area contributed by atoms with Crippen LogP contribution in [0.25, 0.3) is 16.7 Å². The Labute approximate surface area is 121 Å². The molecule has 2 heterocycles. The number of halogens is 1. The van der Waals surface area contributed by atoms with Gasteiger partial charge in [-0.2, -0.15) is 5.10 Å². The number of aromatic nitrogens is 3. The molecule has 0 saturated heterocycles. The van der Waals surface area contributed by atoms with Crippen LogP contribution in [0, 0.1) is 0 Å². The Morgan fingerprint density at radius 2 is 2.15 bits per heavy atom. The van der Waals surface area contributed by atoms with Crippen LogP contribution in [-0.2, 0) is 12.8 Å². The standard InChI is InChI=1S/C15H13ClN4/c16-9-3-1-4-10(7-9)20-15-12(8-18-20)14(17)11-5-2-6-13(11)19-15/h1,3-4,7-8H,2,5-6H2,(H2,17,19). The van der Waals surface area contributed by atoms with Gasteiger partial charge in [-0.25, -0.2) is 9.67 Å². The number of hydrogen-bond donors (Lipinski definition) is 1. The van der Waals surface area contributed by atoms with Crippen LogP contribution in [0.5, 0.6) is 0 Å². The molecule has 0 radical (unpaired) electrons. The molecule has 0 atom stereocenters. The Morgan fingerprint density at radius 3 is 3.00 bits per heavy atom. The summed E-state index contributed by atoms with van der Waals surface area (Å²) in [7, 11) is 0. The predicted octanol–water partition coefficient (Wildman–Crippen LogP) is 3.14. The van der Waals surface area contributed by atoms with E-state index in [4.69, 9.17) is 22.3 Å². The number of fused-ring (bicyclic) bond motifs is 2. The van der Waals surface area contributed by atoms with Crippen LogP contribution < -0.4 is 5.73 Å². The lowest BCUT2D eigenvalue weighted by molar-refractivity contribution is 0.878. The number of rotatable bonds is 1. The van der Waals surface area contributed by atoms with Crippen molar-refractivity contribution in [1.82, 2.24) is 14.8 Å². The fourth-order valence-corrected chi connectivity index (χ4v) is 3.05. The molecule has 4 rings (SSSR count). The molecule has 100 valence electrons. The summed E-state index contributed by atoms with van der Waals surface area (Å²) >= 11 is 6.05. The molecule has 1 aromatic carbocycles. The van der Waals surface area contributed by atoms with Gasteiger partial charge in [0.2, 0.25) is 0 Å². The highest BCUT2D eigenvalue weighted by atomic mass is 35.5. The first-order chi connectivity index (χ1) is 9.74. The van der Waals surface area contributed by atoms with Gasteiger partial charge in [-0.15, -0.1) is 0 Å². The van der Waals surface area contributed by atoms with Gasteiger partial charge in [0, 0.05) is 16.4 Å². The zero-order chi connectivity index (χ0) is 13.7. The van der Waals surface area contributed by atoms with Crippen molar-refractivity contribution in [3.63, 3.8) is 0 Å². The van der Waals surface area contributed by atoms with Gasteiger partial charge in [0.15, 0.2) is 5.65 Å². The third kappa shape index (κ3) is 1.61. The van der Waals surface area contributed by atoms with Crippen LogP contribution in [0.3, 0.4) is 0 Å². The third-order valence-electron chi connectivity index (χ3n) is 3.84. The van der Waals surface area contributed by atoms with Gasteiger partial charge in [-0.3, -0.25) is 0 Å². The normalized spacial score (nSPS) is 13.8. The van der Waals surface area contributed by atoms with Crippen molar-refractivity contribution in [2.75, 3.05) is 5.73 Å². The molecule has 20 heavy (non-hydrogen) atoms. The molecule has 0 aliphatic heterocycles. The summed E-state index contributed by atoms with van der Waals surface area (Å²) in [4.78, 5) is 4.76. The van der Waals surface area contributed by atoms with Crippen LogP contribution in [0.2, 0.25) is 5.02 Å². The Morgan fingerprint density at radius 1 is 1.25 bits per heavy atom. The highest BCUT2D eigenvalue weighted by Gasteiger charge is 2.20. The number of aryl methyl sites for hydroxylation is 1. The fourth-order valence-electron chi connectivity index (χ4n) is 2.87. The Kier molecular flexibility index (Phi) is 2.47. The second kappa shape index (κ2) is 4.21. The van der Waals surface area contributed by atoms with Gasteiger partial charge < -0.3 is 5.73 Å². The zero-order valence-corrected chi connectivity index (χ0v) is 11.6. The van der Waals surface area contributed by atoms with Gasteiger partial charge in [0.25, 0.3) is 0 Å². The van der Waals surface area contributed by atoms with Crippen LogP contribution in [-0.4, -0.2) is 14.8 Å². The van der Waals surface area contributed by atoms with Crippen molar-refractivity contribution in [3.05, 3.63) is 46.7 Å². The molecule has 2 aromatic heterocycles. The Bertz CT molecular complexity index is 822. The van der Waals surface area contributed by atoms with E-state index in [0.717, 1.165) is 47.4 Å². The number of hydrogen-bond acceptors (Lipinski definition) is 3. The van der Waals surface area contributed by atoms with E-state index in [1.54, 1.807) is 10.9 Å². The lowest BCUT2D eigenvalue weighted by Crippen LogP contribution is -2.02. The summed E-state index contributed by atoms with van der Waals surface area (Å²) in [5, 5.41) is 6.03. The average Bonchev–Trinajstić information content (AvgIpc) is 3.05. The first-order valence-corrected chi connectivity index (χ1v) is 7.03. The molecule has 0 spiro atoms. The number of anilines is 1. The Balaban J connectivity index is 2.00. The maximum atomic E-state index is 6.27. The number of nitrogens with zero attached hydrogens (tertiary/aromatic N) is 3. The van der Waals surface area contributed by atoms with E-state index in [0.29, 0.717) is 5.02 Å². The third-order valence-corrected chi connectivity index (χ3v) is 4.08. The van der Waals surface area contributed by atoms with Gasteiger partial charge in [-0.1, -0.05) is 17.7 Å². The highest BCUT2D eigenvalue weighted by Crippen LogP contribution is 2.32. The lowest BCUT2D eigenvalue weighted by atomic mass is 10.1. The van der Waals surface area contributed by atoms with Gasteiger partial charge in [0.05, 0.1) is 17.3 Å². The molecule has 0 bridgehead atoms. The SMILES string of the molecule is Nc1c2c(nc3c1cnn3-c1cccc(Cl)c1)CCC2. The summed E-state index contributed by atoms with van der Waals surface area (Å²) in [6.45, 7) is 0. The van der Waals surface area contributed by atoms with Gasteiger partial charge in [-0.05, 0) is 43.0 Å². The topological polar surface area (TPSA) is 56.7 Å². The molecule has 3 aromatic rings. The van der Waals surface area contributed by atoms with E-state index in [-0.39, 0.29) is 0 Å². The van der Waals surface area contributed by atoms with Crippen LogP contribution in [0.1, 0.15) is 17.7 Å². The molecule has 2 N–H and O–H groups in total. The maximum absolute atomic E-state index is 6.27. The molecule has 0 amide bonds. The number of nitrogens with two attached hydrogens (primary N) is 1. The molecule has 0 fully saturated rings. The van der Waals surface area contributed by atoms with E-state index in [9.17, 15) is 0 Å². The first-order valence-electron chi connectivity index (χ1n) is 6.65. The van der Waals surface area contributed by atoms with E-state index in [2.05, 4.69) is 5.10 Å². The summed E-state index contributed by atoms with van der Waals surface area (Å²) in [6.07, 6.45) is 4.93. The highest BCUT2D eigenvalue weighted by molar-refractivity contribution is 6.30. The fraction of sp³-hybridized carbons (Fsp3) is 0.200. The summed E-state index contributed by atoms with van der Waals surface area (Å²) in [6, 6.07) is 7.58. The van der Waals surface area contributed by atoms with Crippen molar-refractivity contribution < 1.29 is 0 Å². The van der Waals surface area contributed by atoms with Crippen molar-refractivity contribution in [2.24, 2.45) is 0 Å². The number of pyridine rings is 1. The van der Waals surface area contributed by atoms with Gasteiger partial charge >= 0.3 is 0 Å². The van der Waals surface area contributed by atoms with Crippen LogP contribution in [0.15, 0.2) is 30.5 Å². The Hall–Kier alpha value is -2.07. The molecule has 0 unspecified atom stereocenters. The minimum atomic E-state index is 0.681. The lowest BCUT2D eigenvalue weighted by Gasteiger charge is -2.07. The molecule has 5 heteroatoms. The van der Waals surface area contributed by atoms with Crippen molar-refractivity contribution in [2.45, 2.75) is 19.3 Å².